The van der Waals surface area contributed by atoms with Crippen molar-refractivity contribution in [2.24, 2.45) is 5.92 Å². The molecule has 0 aromatic carbocycles. The second-order valence-electron chi connectivity index (χ2n) is 2.28. The molecule has 1 nitrogen and oxygen atoms in total. The Balaban J connectivity index is 3.10. The van der Waals surface area contributed by atoms with Crippen molar-refractivity contribution in [2.45, 2.75) is 24.4 Å². The van der Waals surface area contributed by atoms with Gasteiger partial charge in [-0.05, 0) is 12.3 Å². The van der Waals surface area contributed by atoms with Crippen LogP contribution >= 0.6 is 22.6 Å². The maximum absolute atomic E-state index is 5.05. The highest BCUT2D eigenvalue weighted by Crippen LogP contribution is 2.12. The Labute approximate surface area is 64.9 Å². The molecule has 1 unspecified atom stereocenters. The molecule has 0 aliphatic heterocycles. The molecule has 0 fully saturated rings. The fourth-order valence-electron chi connectivity index (χ4n) is 0.467. The Morgan fingerprint density at radius 3 is 2.12 bits per heavy atom. The van der Waals surface area contributed by atoms with Gasteiger partial charge in [0, 0.05) is 7.11 Å². The monoisotopic (exact) mass is 228 g/mol. The van der Waals surface area contributed by atoms with E-state index >= 15 is 0 Å². The average Bonchev–Trinajstić information content (AvgIpc) is 1.65. The van der Waals surface area contributed by atoms with Gasteiger partial charge in [-0.2, -0.15) is 0 Å². The van der Waals surface area contributed by atoms with E-state index in [-0.39, 0.29) is 0 Å². The van der Waals surface area contributed by atoms with Gasteiger partial charge in [-0.1, -0.05) is 36.4 Å². The van der Waals surface area contributed by atoms with Gasteiger partial charge >= 0.3 is 0 Å². The second kappa shape index (κ2) is 4.56. The first-order valence-corrected chi connectivity index (χ1v) is 4.08. The van der Waals surface area contributed by atoms with E-state index in [1.807, 2.05) is 0 Å². The molecule has 0 bridgehead atoms. The van der Waals surface area contributed by atoms with Gasteiger partial charge in [-0.15, -0.1) is 0 Å². The molecule has 50 valence electrons. The van der Waals surface area contributed by atoms with Crippen LogP contribution in [0.4, 0.5) is 0 Å². The molecule has 0 spiro atoms. The number of hydrogen-bond acceptors (Lipinski definition) is 1. The van der Waals surface area contributed by atoms with Crippen molar-refractivity contribution in [2.75, 3.05) is 7.11 Å². The predicted molar refractivity (Wildman–Crippen MR) is 44.3 cm³/mol. The van der Waals surface area contributed by atoms with Gasteiger partial charge in [0.25, 0.3) is 0 Å². The van der Waals surface area contributed by atoms with Gasteiger partial charge in [0.05, 0.1) is 0 Å². The van der Waals surface area contributed by atoms with E-state index in [4.69, 9.17) is 4.74 Å². The smallest absolute Gasteiger partial charge is 0.108 e. The molecule has 0 saturated heterocycles. The number of rotatable bonds is 3. The van der Waals surface area contributed by atoms with Gasteiger partial charge in [-0.3, -0.25) is 0 Å². The Kier molecular flexibility index (Phi) is 4.95. The van der Waals surface area contributed by atoms with Gasteiger partial charge in [-0.25, -0.2) is 0 Å². The first-order valence-electron chi connectivity index (χ1n) is 2.83. The first kappa shape index (κ1) is 8.69. The number of ether oxygens (including phenoxy) is 1. The number of alkyl halides is 1. The molecular formula is C6H13IO. The summed E-state index contributed by atoms with van der Waals surface area (Å²) >= 11 is 2.30. The molecule has 0 aliphatic rings. The van der Waals surface area contributed by atoms with Crippen LogP contribution in [0.25, 0.3) is 0 Å². The van der Waals surface area contributed by atoms with Crippen LogP contribution in [0.3, 0.4) is 0 Å². The highest BCUT2D eigenvalue weighted by atomic mass is 127. The van der Waals surface area contributed by atoms with E-state index in [1.165, 1.54) is 0 Å². The summed E-state index contributed by atoms with van der Waals surface area (Å²) in [5.74, 6) is 0.747. The highest BCUT2D eigenvalue weighted by Gasteiger charge is 2.02. The third-order valence-corrected chi connectivity index (χ3v) is 1.93. The molecule has 0 saturated carbocycles. The predicted octanol–water partition coefficient (Wildman–Crippen LogP) is 2.44. The molecule has 2 heteroatoms. The lowest BCUT2D eigenvalue weighted by Gasteiger charge is -2.08. The summed E-state index contributed by atoms with van der Waals surface area (Å²) in [5, 5.41) is 0. The SMILES string of the molecule is COC(I)CC(C)C. The van der Waals surface area contributed by atoms with E-state index < -0.39 is 0 Å². The summed E-state index contributed by atoms with van der Waals surface area (Å²) in [4.78, 5) is 0. The Morgan fingerprint density at radius 2 is 2.00 bits per heavy atom. The van der Waals surface area contributed by atoms with Gasteiger partial charge in [0.15, 0.2) is 0 Å². The third-order valence-electron chi connectivity index (χ3n) is 0.912. The van der Waals surface area contributed by atoms with E-state index in [2.05, 4.69) is 36.4 Å². The number of halogens is 1. The van der Waals surface area contributed by atoms with E-state index in [9.17, 15) is 0 Å². The fourth-order valence-corrected chi connectivity index (χ4v) is 1.48. The van der Waals surface area contributed by atoms with E-state index in [0.29, 0.717) is 4.11 Å². The van der Waals surface area contributed by atoms with Crippen LogP contribution in [-0.4, -0.2) is 11.2 Å². The zero-order valence-corrected chi connectivity index (χ0v) is 7.81. The highest BCUT2D eigenvalue weighted by molar-refractivity contribution is 14.1. The molecule has 0 aromatic rings. The topological polar surface area (TPSA) is 9.23 Å². The number of hydrogen-bond donors (Lipinski definition) is 0. The van der Waals surface area contributed by atoms with Crippen LogP contribution in [0.2, 0.25) is 0 Å². The molecule has 0 aromatic heterocycles. The van der Waals surface area contributed by atoms with Crippen molar-refractivity contribution in [3.05, 3.63) is 0 Å². The molecule has 0 N–H and O–H groups in total. The molecule has 0 amide bonds. The Hall–Kier alpha value is 0.690. The minimum atomic E-state index is 0.396. The minimum Gasteiger partial charge on any atom is -0.371 e. The lowest BCUT2D eigenvalue weighted by molar-refractivity contribution is 0.167. The van der Waals surface area contributed by atoms with Crippen LogP contribution < -0.4 is 0 Å². The second-order valence-corrected chi connectivity index (χ2v) is 3.66. The average molecular weight is 228 g/mol. The zero-order chi connectivity index (χ0) is 6.57. The summed E-state index contributed by atoms with van der Waals surface area (Å²) in [6.07, 6.45) is 1.15. The molecule has 0 rings (SSSR count). The molecule has 8 heavy (non-hydrogen) atoms. The summed E-state index contributed by atoms with van der Waals surface area (Å²) < 4.78 is 5.44. The first-order chi connectivity index (χ1) is 3.66. The number of methoxy groups -OCH3 is 1. The molecule has 0 radical (unpaired) electrons. The van der Waals surface area contributed by atoms with Gasteiger partial charge < -0.3 is 4.74 Å². The van der Waals surface area contributed by atoms with E-state index in [0.717, 1.165) is 12.3 Å². The standard InChI is InChI=1S/C6H13IO/c1-5(2)4-6(7)8-3/h5-6H,4H2,1-3H3. The van der Waals surface area contributed by atoms with Crippen molar-refractivity contribution in [3.63, 3.8) is 0 Å². The maximum Gasteiger partial charge on any atom is 0.108 e. The molecule has 1 atom stereocenters. The maximum atomic E-state index is 5.05. The normalized spacial score (nSPS) is 14.6. The lowest BCUT2D eigenvalue weighted by Crippen LogP contribution is -2.03. The largest absolute Gasteiger partial charge is 0.371 e. The van der Waals surface area contributed by atoms with Gasteiger partial charge in [0.1, 0.15) is 4.11 Å². The van der Waals surface area contributed by atoms with Crippen LogP contribution in [-0.2, 0) is 4.74 Å². The van der Waals surface area contributed by atoms with Crippen molar-refractivity contribution in [1.29, 1.82) is 0 Å². The fraction of sp³-hybridized carbons (Fsp3) is 1.00. The molecular weight excluding hydrogens is 215 g/mol. The summed E-state index contributed by atoms with van der Waals surface area (Å²) in [6.45, 7) is 4.40. The van der Waals surface area contributed by atoms with Crippen molar-refractivity contribution < 1.29 is 4.74 Å². The van der Waals surface area contributed by atoms with Crippen LogP contribution in [0, 0.1) is 5.92 Å². The van der Waals surface area contributed by atoms with Crippen LogP contribution in [0.5, 0.6) is 0 Å². The van der Waals surface area contributed by atoms with E-state index in [1.54, 1.807) is 7.11 Å². The minimum absolute atomic E-state index is 0.396. The molecule has 0 aliphatic carbocycles. The van der Waals surface area contributed by atoms with Crippen LogP contribution in [0.15, 0.2) is 0 Å². The van der Waals surface area contributed by atoms with Crippen molar-refractivity contribution >= 4 is 22.6 Å². The Morgan fingerprint density at radius 1 is 1.50 bits per heavy atom. The Bertz CT molecular complexity index is 54.5. The summed E-state index contributed by atoms with van der Waals surface area (Å²) in [6, 6.07) is 0. The third kappa shape index (κ3) is 4.84. The lowest BCUT2D eigenvalue weighted by atomic mass is 10.1. The quantitative estimate of drug-likeness (QED) is 0.532. The van der Waals surface area contributed by atoms with Gasteiger partial charge in [0.2, 0.25) is 0 Å². The van der Waals surface area contributed by atoms with Crippen molar-refractivity contribution in [1.82, 2.24) is 0 Å². The zero-order valence-electron chi connectivity index (χ0n) is 5.65. The summed E-state index contributed by atoms with van der Waals surface area (Å²) in [7, 11) is 1.75. The van der Waals surface area contributed by atoms with Crippen molar-refractivity contribution in [3.8, 4) is 0 Å². The molecule has 0 heterocycles. The van der Waals surface area contributed by atoms with Crippen LogP contribution in [0.1, 0.15) is 20.3 Å². The summed E-state index contributed by atoms with van der Waals surface area (Å²) in [5.41, 5.74) is 0.